The zero-order chi connectivity index (χ0) is 74.9. The van der Waals surface area contributed by atoms with E-state index in [1.807, 2.05) is 0 Å². The quantitative estimate of drug-likeness (QED) is 0.0222. The molecule has 0 aromatic carbocycles. The summed E-state index contributed by atoms with van der Waals surface area (Å²) in [5.41, 5.74) is 0. The molecule has 3 N–H and O–H groups in total. The summed E-state index contributed by atoms with van der Waals surface area (Å²) in [6, 6.07) is 0. The first-order valence-corrected chi connectivity index (χ1v) is 46.0. The van der Waals surface area contributed by atoms with Crippen molar-refractivity contribution in [3.05, 3.63) is 0 Å². The van der Waals surface area contributed by atoms with E-state index in [1.165, 1.54) is 257 Å². The second-order valence-corrected chi connectivity index (χ2v) is 33.5. The molecule has 0 bridgehead atoms. The van der Waals surface area contributed by atoms with Gasteiger partial charge in [0.25, 0.3) is 0 Å². The molecule has 0 amide bonds. The lowest BCUT2D eigenvalue weighted by molar-refractivity contribution is -0.161. The summed E-state index contributed by atoms with van der Waals surface area (Å²) in [6.45, 7) is 9.68. The predicted octanol–water partition coefficient (Wildman–Crippen LogP) is 25.1. The van der Waals surface area contributed by atoms with Gasteiger partial charge in [-0.25, -0.2) is 9.13 Å². The average molecular weight is 1490 g/mol. The normalized spacial score (nSPS) is 14.1. The van der Waals surface area contributed by atoms with Crippen LogP contribution in [0.1, 0.15) is 440 Å². The molecule has 0 saturated heterocycles. The minimum Gasteiger partial charge on any atom is -0.462 e. The first kappa shape index (κ1) is 100. The molecule has 0 rings (SSSR count). The van der Waals surface area contributed by atoms with Gasteiger partial charge in [-0.1, -0.05) is 388 Å². The maximum Gasteiger partial charge on any atom is 0.472 e. The molecule has 0 radical (unpaired) electrons. The number of hydrogen-bond donors (Lipinski definition) is 3. The first-order valence-electron chi connectivity index (χ1n) is 43.0. The molecule has 0 fully saturated rings. The lowest BCUT2D eigenvalue weighted by Crippen LogP contribution is -2.30. The summed E-state index contributed by atoms with van der Waals surface area (Å²) in [7, 11) is -9.92. The molecular weight excluding hydrogens is 1330 g/mol. The van der Waals surface area contributed by atoms with Gasteiger partial charge in [0.05, 0.1) is 26.4 Å². The summed E-state index contributed by atoms with van der Waals surface area (Å²) < 4.78 is 68.8. The number of phosphoric acid groups is 2. The van der Waals surface area contributed by atoms with Crippen LogP contribution in [0.5, 0.6) is 0 Å². The molecule has 3 unspecified atom stereocenters. The van der Waals surface area contributed by atoms with Gasteiger partial charge in [0.2, 0.25) is 0 Å². The molecular formula is C83H162O17P2. The van der Waals surface area contributed by atoms with Crippen molar-refractivity contribution < 1.29 is 80.2 Å². The monoisotopic (exact) mass is 1490 g/mol. The highest BCUT2D eigenvalue weighted by Crippen LogP contribution is 2.45. The number of aliphatic hydroxyl groups excluding tert-OH is 1. The highest BCUT2D eigenvalue weighted by Gasteiger charge is 2.30. The van der Waals surface area contributed by atoms with E-state index in [0.717, 1.165) is 102 Å². The van der Waals surface area contributed by atoms with Crippen molar-refractivity contribution >= 4 is 39.5 Å². The highest BCUT2D eigenvalue weighted by molar-refractivity contribution is 7.47. The Balaban J connectivity index is 5.27. The molecule has 0 spiro atoms. The van der Waals surface area contributed by atoms with Crippen LogP contribution in [0.25, 0.3) is 0 Å². The Morgan fingerprint density at radius 3 is 0.745 bits per heavy atom. The summed E-state index contributed by atoms with van der Waals surface area (Å²) in [5, 5.41) is 10.7. The Labute approximate surface area is 626 Å². The summed E-state index contributed by atoms with van der Waals surface area (Å²) >= 11 is 0. The van der Waals surface area contributed by atoms with Gasteiger partial charge >= 0.3 is 39.5 Å². The molecule has 17 nitrogen and oxygen atoms in total. The van der Waals surface area contributed by atoms with Gasteiger partial charge in [-0.05, 0) is 37.5 Å². The maximum absolute atomic E-state index is 13.1. The van der Waals surface area contributed by atoms with Gasteiger partial charge in [0.1, 0.15) is 19.3 Å². The van der Waals surface area contributed by atoms with Crippen LogP contribution >= 0.6 is 15.6 Å². The van der Waals surface area contributed by atoms with Crippen LogP contribution < -0.4 is 0 Å². The number of aliphatic hydroxyl groups is 1. The van der Waals surface area contributed by atoms with Crippen molar-refractivity contribution in [2.24, 2.45) is 11.8 Å². The molecule has 0 heterocycles. The van der Waals surface area contributed by atoms with E-state index in [4.69, 9.17) is 37.0 Å². The third kappa shape index (κ3) is 74.9. The Bertz CT molecular complexity index is 1960. The fourth-order valence-electron chi connectivity index (χ4n) is 12.9. The summed E-state index contributed by atoms with van der Waals surface area (Å²) in [6.07, 6.45) is 65.1. The Hall–Kier alpha value is -1.94. The first-order chi connectivity index (χ1) is 49.4. The molecule has 102 heavy (non-hydrogen) atoms. The summed E-state index contributed by atoms with van der Waals surface area (Å²) in [5.74, 6) is -0.540. The molecule has 0 aliphatic heterocycles. The summed E-state index contributed by atoms with van der Waals surface area (Å²) in [4.78, 5) is 73.2. The van der Waals surface area contributed by atoms with Crippen LogP contribution in [0.15, 0.2) is 0 Å². The zero-order valence-corrected chi connectivity index (χ0v) is 68.7. The molecule has 606 valence electrons. The van der Waals surface area contributed by atoms with E-state index >= 15 is 0 Å². The minimum atomic E-state index is -4.96. The third-order valence-corrected chi connectivity index (χ3v) is 21.7. The number of carbonyl (C=O) groups excluding carboxylic acids is 4. The van der Waals surface area contributed by atoms with Gasteiger partial charge in [-0.15, -0.1) is 0 Å². The van der Waals surface area contributed by atoms with E-state index in [9.17, 15) is 43.2 Å². The number of hydrogen-bond acceptors (Lipinski definition) is 15. The van der Waals surface area contributed by atoms with Gasteiger partial charge in [-0.2, -0.15) is 0 Å². The van der Waals surface area contributed by atoms with Gasteiger partial charge in [-0.3, -0.25) is 37.3 Å². The van der Waals surface area contributed by atoms with Crippen molar-refractivity contribution in [1.82, 2.24) is 0 Å². The third-order valence-electron chi connectivity index (χ3n) is 19.8. The van der Waals surface area contributed by atoms with E-state index in [1.54, 1.807) is 0 Å². The number of carbonyl (C=O) groups is 4. The van der Waals surface area contributed by atoms with Gasteiger partial charge < -0.3 is 33.8 Å². The SMILES string of the molecule is CCCCCCCCCCCCCCCCCCCC(=O)OC[C@H](COP(=O)(O)OC[C@@H](O)COP(=O)(O)OC[C@@H](COC(=O)CCCCCCCCCCC(C)CC)OC(=O)CCCCCCCCCCCCCCCC(C)C)OC(=O)CCCCCCCCCCCCCCCCCCC. The van der Waals surface area contributed by atoms with Crippen molar-refractivity contribution in [2.45, 2.75) is 458 Å². The van der Waals surface area contributed by atoms with Crippen LogP contribution in [0.2, 0.25) is 0 Å². The minimum absolute atomic E-state index is 0.107. The van der Waals surface area contributed by atoms with Crippen molar-refractivity contribution in [3.63, 3.8) is 0 Å². The Morgan fingerprint density at radius 1 is 0.284 bits per heavy atom. The average Bonchev–Trinajstić information content (AvgIpc) is 0.929. The Kier molecular flexibility index (Phi) is 73.1. The van der Waals surface area contributed by atoms with Crippen LogP contribution in [0.4, 0.5) is 0 Å². The van der Waals surface area contributed by atoms with Crippen molar-refractivity contribution in [3.8, 4) is 0 Å². The standard InChI is InChI=1S/C83H162O17P2/c1-7-10-12-14-16-18-20-22-24-26-28-32-36-40-47-53-59-65-80(85)93-71-78(99-82(87)67-61-55-49-41-37-33-29-27-25-23-21-19-17-15-13-11-8-2)73-97-101(89,90)95-69-77(84)70-96-102(91,92)98-74-79(72-94-81(86)66-60-54-48-44-43-46-52-58-64-76(6)9-3)100-83(88)68-62-56-50-42-38-34-30-31-35-39-45-51-57-63-75(4)5/h75-79,84H,7-74H2,1-6H3,(H,89,90)(H,91,92)/t76?,77-,78-,79-/m1/s1. The predicted molar refractivity (Wildman–Crippen MR) is 418 cm³/mol. The molecule has 0 aromatic rings. The largest absolute Gasteiger partial charge is 0.472 e. The maximum atomic E-state index is 13.1. The number of unbranched alkanes of at least 4 members (excludes halogenated alkanes) is 51. The molecule has 6 atom stereocenters. The molecule has 0 aliphatic rings. The number of ether oxygens (including phenoxy) is 4. The number of rotatable bonds is 82. The molecule has 0 aliphatic carbocycles. The second kappa shape index (κ2) is 74.5. The lowest BCUT2D eigenvalue weighted by atomic mass is 9.99. The fraction of sp³-hybridized carbons (Fsp3) is 0.952. The fourth-order valence-corrected chi connectivity index (χ4v) is 14.4. The Morgan fingerprint density at radius 2 is 0.500 bits per heavy atom. The van der Waals surface area contributed by atoms with Gasteiger partial charge in [0.15, 0.2) is 12.2 Å². The van der Waals surface area contributed by atoms with Crippen molar-refractivity contribution in [2.75, 3.05) is 39.6 Å². The van der Waals surface area contributed by atoms with E-state index in [0.29, 0.717) is 25.7 Å². The van der Waals surface area contributed by atoms with Crippen LogP contribution in [-0.4, -0.2) is 96.7 Å². The van der Waals surface area contributed by atoms with Crippen LogP contribution in [0, 0.1) is 11.8 Å². The molecule has 0 saturated carbocycles. The van der Waals surface area contributed by atoms with Crippen LogP contribution in [0.3, 0.4) is 0 Å². The number of phosphoric ester groups is 2. The van der Waals surface area contributed by atoms with E-state index in [2.05, 4.69) is 41.5 Å². The smallest absolute Gasteiger partial charge is 0.462 e. The topological polar surface area (TPSA) is 237 Å². The van der Waals surface area contributed by atoms with Crippen molar-refractivity contribution in [1.29, 1.82) is 0 Å². The van der Waals surface area contributed by atoms with Crippen LogP contribution in [-0.2, 0) is 65.4 Å². The highest BCUT2D eigenvalue weighted by atomic mass is 31.2. The second-order valence-electron chi connectivity index (χ2n) is 30.6. The molecule has 0 aromatic heterocycles. The van der Waals surface area contributed by atoms with Gasteiger partial charge in [0, 0.05) is 25.7 Å². The zero-order valence-electron chi connectivity index (χ0n) is 66.9. The van der Waals surface area contributed by atoms with E-state index in [-0.39, 0.29) is 25.7 Å². The lowest BCUT2D eigenvalue weighted by Gasteiger charge is -2.21. The van der Waals surface area contributed by atoms with E-state index < -0.39 is 97.5 Å². The molecule has 19 heteroatoms. The number of esters is 4.